The van der Waals surface area contributed by atoms with Crippen molar-refractivity contribution in [3.8, 4) is 0 Å². The lowest BCUT2D eigenvalue weighted by Gasteiger charge is -2.13. The van der Waals surface area contributed by atoms with Crippen LogP contribution < -0.4 is 0 Å². The molecular weight excluding hydrogens is 148 g/mol. The number of carbonyl (C=O) groups is 2. The normalized spacial score (nSPS) is 15.3. The smallest absolute Gasteiger partial charge is 0.318 e. The maximum absolute atomic E-state index is 10.8. The molecule has 0 aromatic rings. The van der Waals surface area contributed by atoms with Gasteiger partial charge in [-0.05, 0) is 13.8 Å². The van der Waals surface area contributed by atoms with Crippen molar-refractivity contribution >= 4 is 11.8 Å². The minimum atomic E-state index is -1.04. The molecule has 2 unspecified atom stereocenters. The number of hydrogen-bond donors (Lipinski definition) is 1. The van der Waals surface area contributed by atoms with Gasteiger partial charge in [0.2, 0.25) is 0 Å². The fourth-order valence-corrected chi connectivity index (χ4v) is 0.830. The summed E-state index contributed by atoms with van der Waals surface area (Å²) in [6.07, 6.45) is -0.986. The van der Waals surface area contributed by atoms with Crippen LogP contribution in [0.15, 0.2) is 0 Å². The van der Waals surface area contributed by atoms with Crippen molar-refractivity contribution in [1.82, 2.24) is 0 Å². The Kier molecular flexibility index (Phi) is 3.74. The lowest BCUT2D eigenvalue weighted by Crippen LogP contribution is -2.32. The van der Waals surface area contributed by atoms with E-state index < -0.39 is 18.0 Å². The van der Waals surface area contributed by atoms with Crippen LogP contribution in [0.2, 0.25) is 0 Å². The molecule has 0 saturated carbocycles. The molecule has 0 heterocycles. The third-order valence-corrected chi connectivity index (χ3v) is 1.38. The van der Waals surface area contributed by atoms with Gasteiger partial charge in [-0.25, -0.2) is 0 Å². The van der Waals surface area contributed by atoms with Gasteiger partial charge >= 0.3 is 5.97 Å². The van der Waals surface area contributed by atoms with E-state index in [0.717, 1.165) is 0 Å². The van der Waals surface area contributed by atoms with Crippen LogP contribution in [-0.4, -0.2) is 30.1 Å². The molecule has 0 aliphatic carbocycles. The molecule has 0 radical (unpaired) electrons. The Labute approximate surface area is 65.2 Å². The first-order valence-electron chi connectivity index (χ1n) is 3.27. The summed E-state index contributed by atoms with van der Waals surface area (Å²) in [5, 5.41) is 8.96. The average Bonchev–Trinajstić information content (AvgIpc) is 1.85. The molecule has 1 N–H and O–H groups in total. The lowest BCUT2D eigenvalue weighted by molar-refractivity contribution is -0.152. The molecular formula is C7H12O4. The van der Waals surface area contributed by atoms with Crippen LogP contribution in [0.1, 0.15) is 13.8 Å². The Bertz CT molecular complexity index is 162. The molecule has 0 aromatic heterocycles. The van der Waals surface area contributed by atoms with Gasteiger partial charge in [-0.15, -0.1) is 0 Å². The monoisotopic (exact) mass is 160 g/mol. The molecule has 64 valence electrons. The number of Topliss-reactive ketones (excluding diaryl/α,β-unsaturated/α-hetero) is 1. The molecule has 0 fully saturated rings. The van der Waals surface area contributed by atoms with E-state index >= 15 is 0 Å². The number of aliphatic hydroxyl groups excluding tert-OH is 1. The van der Waals surface area contributed by atoms with Crippen molar-refractivity contribution in [2.45, 2.75) is 20.0 Å². The zero-order chi connectivity index (χ0) is 9.02. The fraction of sp³-hybridized carbons (Fsp3) is 0.714. The van der Waals surface area contributed by atoms with Crippen molar-refractivity contribution in [3.63, 3.8) is 0 Å². The largest absolute Gasteiger partial charge is 0.468 e. The molecule has 0 amide bonds. The van der Waals surface area contributed by atoms with Crippen LogP contribution in [0.5, 0.6) is 0 Å². The predicted octanol–water partition coefficient (Wildman–Crippen LogP) is -0.255. The van der Waals surface area contributed by atoms with E-state index in [1.165, 1.54) is 21.0 Å². The predicted molar refractivity (Wildman–Crippen MR) is 37.9 cm³/mol. The van der Waals surface area contributed by atoms with Gasteiger partial charge in [0.25, 0.3) is 0 Å². The van der Waals surface area contributed by atoms with Crippen molar-refractivity contribution < 1.29 is 19.4 Å². The highest BCUT2D eigenvalue weighted by molar-refractivity contribution is 5.98. The van der Waals surface area contributed by atoms with Crippen molar-refractivity contribution in [1.29, 1.82) is 0 Å². The van der Waals surface area contributed by atoms with E-state index in [1.54, 1.807) is 0 Å². The minimum absolute atomic E-state index is 0.383. The second-order valence-corrected chi connectivity index (χ2v) is 2.35. The van der Waals surface area contributed by atoms with Gasteiger partial charge in [0.15, 0.2) is 0 Å². The van der Waals surface area contributed by atoms with Gasteiger partial charge in [-0.3, -0.25) is 9.59 Å². The SMILES string of the molecule is COC(=O)C(C(C)=O)C(C)O. The fourth-order valence-electron chi connectivity index (χ4n) is 0.830. The van der Waals surface area contributed by atoms with Crippen molar-refractivity contribution in [2.75, 3.05) is 7.11 Å². The number of ether oxygens (including phenoxy) is 1. The first-order valence-corrected chi connectivity index (χ1v) is 3.27. The van der Waals surface area contributed by atoms with Gasteiger partial charge in [0.1, 0.15) is 11.7 Å². The summed E-state index contributed by atoms with van der Waals surface area (Å²) in [6.45, 7) is 2.62. The Balaban J connectivity index is 4.34. The summed E-state index contributed by atoms with van der Waals surface area (Å²) < 4.78 is 4.32. The van der Waals surface area contributed by atoms with E-state index in [9.17, 15) is 9.59 Å². The number of methoxy groups -OCH3 is 1. The first kappa shape index (κ1) is 10.1. The van der Waals surface area contributed by atoms with Crippen molar-refractivity contribution in [2.24, 2.45) is 5.92 Å². The molecule has 0 aliphatic heterocycles. The molecule has 4 heteroatoms. The van der Waals surface area contributed by atoms with Gasteiger partial charge in [0.05, 0.1) is 13.2 Å². The third-order valence-electron chi connectivity index (χ3n) is 1.38. The Morgan fingerprint density at radius 3 is 2.00 bits per heavy atom. The van der Waals surface area contributed by atoms with Gasteiger partial charge < -0.3 is 9.84 Å². The maximum Gasteiger partial charge on any atom is 0.318 e. The van der Waals surface area contributed by atoms with E-state index in [2.05, 4.69) is 4.74 Å². The van der Waals surface area contributed by atoms with Crippen molar-refractivity contribution in [3.05, 3.63) is 0 Å². The van der Waals surface area contributed by atoms with E-state index in [4.69, 9.17) is 5.11 Å². The number of rotatable bonds is 3. The molecule has 0 saturated heterocycles. The lowest BCUT2D eigenvalue weighted by atomic mass is 10.00. The standard InChI is InChI=1S/C7H12O4/c1-4(8)6(5(2)9)7(10)11-3/h4,6,8H,1-3H3. The molecule has 0 rings (SSSR count). The highest BCUT2D eigenvalue weighted by Gasteiger charge is 2.28. The third kappa shape index (κ3) is 2.67. The number of aliphatic hydroxyl groups is 1. The van der Waals surface area contributed by atoms with Gasteiger partial charge in [0, 0.05) is 0 Å². The topological polar surface area (TPSA) is 63.6 Å². The minimum Gasteiger partial charge on any atom is -0.468 e. The molecule has 4 nitrogen and oxygen atoms in total. The highest BCUT2D eigenvalue weighted by atomic mass is 16.5. The summed E-state index contributed by atoms with van der Waals surface area (Å²) >= 11 is 0. The number of esters is 1. The van der Waals surface area contributed by atoms with Crippen LogP contribution in [-0.2, 0) is 14.3 Å². The molecule has 0 aliphatic rings. The second-order valence-electron chi connectivity index (χ2n) is 2.35. The first-order chi connectivity index (χ1) is 5.00. The maximum atomic E-state index is 10.8. The average molecular weight is 160 g/mol. The zero-order valence-electron chi connectivity index (χ0n) is 6.83. The van der Waals surface area contributed by atoms with Crippen LogP contribution in [0.4, 0.5) is 0 Å². The highest BCUT2D eigenvalue weighted by Crippen LogP contribution is 2.06. The van der Waals surface area contributed by atoms with Gasteiger partial charge in [-0.2, -0.15) is 0 Å². The zero-order valence-corrected chi connectivity index (χ0v) is 6.83. The van der Waals surface area contributed by atoms with Crippen LogP contribution in [0.25, 0.3) is 0 Å². The number of hydrogen-bond acceptors (Lipinski definition) is 4. The summed E-state index contributed by atoms with van der Waals surface area (Å²) in [4.78, 5) is 21.5. The Morgan fingerprint density at radius 1 is 1.45 bits per heavy atom. The van der Waals surface area contributed by atoms with E-state index in [0.29, 0.717) is 0 Å². The summed E-state index contributed by atoms with van der Waals surface area (Å²) in [7, 11) is 1.18. The Morgan fingerprint density at radius 2 is 1.91 bits per heavy atom. The van der Waals surface area contributed by atoms with Crippen LogP contribution >= 0.6 is 0 Å². The quantitative estimate of drug-likeness (QED) is 0.456. The van der Waals surface area contributed by atoms with Crippen LogP contribution in [0.3, 0.4) is 0 Å². The molecule has 0 aromatic carbocycles. The summed E-state index contributed by atoms with van der Waals surface area (Å²) in [5.41, 5.74) is 0. The molecule has 11 heavy (non-hydrogen) atoms. The molecule has 2 atom stereocenters. The number of carbonyl (C=O) groups excluding carboxylic acids is 2. The number of ketones is 1. The van der Waals surface area contributed by atoms with E-state index in [-0.39, 0.29) is 5.78 Å². The molecule has 0 bridgehead atoms. The van der Waals surface area contributed by atoms with Crippen LogP contribution in [0, 0.1) is 5.92 Å². The second kappa shape index (κ2) is 4.08. The van der Waals surface area contributed by atoms with Gasteiger partial charge in [-0.1, -0.05) is 0 Å². The van der Waals surface area contributed by atoms with E-state index in [1.807, 2.05) is 0 Å². The Hall–Kier alpha value is -0.900. The molecule has 0 spiro atoms. The summed E-state index contributed by atoms with van der Waals surface area (Å²) in [5.74, 6) is -2.11. The summed E-state index contributed by atoms with van der Waals surface area (Å²) in [6, 6.07) is 0.